The number of esters is 3. The van der Waals surface area contributed by atoms with Crippen LogP contribution in [-0.2, 0) is 60.6 Å². The number of phosphoric acid groups is 2. The Labute approximate surface area is 556 Å². The van der Waals surface area contributed by atoms with Crippen LogP contribution in [0.1, 0.15) is 387 Å². The standard InChI is InChI=1S/C72H141NO16P2/c1-5-9-13-17-21-25-29-33-37-41-45-49-53-57-68(75)73-66(61-83-69(76)58-54-50-46-42-38-34-30-26-22-18-14-10-6-2)62-85-90(79,80)86-63-67(74)64-87-91(81,82)89-72(88-71(78)60-56-52-48-44-40-36-32-28-24-20-16-12-8-4)65-84-70(77)59-55-51-47-43-39-35-31-27-23-19-15-11-7-3/h66-67,72,74H,5-65H2,1-4H3,(H,73,75)(H,79,80)(H,81,82)/p-2. The molecule has 0 aliphatic carbocycles. The predicted molar refractivity (Wildman–Crippen MR) is 365 cm³/mol. The van der Waals surface area contributed by atoms with Crippen molar-refractivity contribution in [3.63, 3.8) is 0 Å². The zero-order valence-corrected chi connectivity index (χ0v) is 60.6. The summed E-state index contributed by atoms with van der Waals surface area (Å²) in [4.78, 5) is 77.7. The van der Waals surface area contributed by atoms with Crippen LogP contribution in [0.25, 0.3) is 0 Å². The zero-order valence-electron chi connectivity index (χ0n) is 58.8. The maximum atomic E-state index is 13.1. The van der Waals surface area contributed by atoms with Gasteiger partial charge >= 0.3 is 17.9 Å². The third-order valence-electron chi connectivity index (χ3n) is 16.9. The number of unbranched alkanes of at least 4 members (excludes halogenated alkanes) is 48. The lowest BCUT2D eigenvalue weighted by Crippen LogP contribution is -2.42. The third kappa shape index (κ3) is 66.5. The summed E-state index contributed by atoms with van der Waals surface area (Å²) < 4.78 is 62.1. The van der Waals surface area contributed by atoms with Crippen LogP contribution in [0.5, 0.6) is 0 Å². The van der Waals surface area contributed by atoms with E-state index >= 15 is 0 Å². The van der Waals surface area contributed by atoms with Crippen LogP contribution in [0.4, 0.5) is 0 Å². The molecule has 5 unspecified atom stereocenters. The Hall–Kier alpha value is -1.94. The van der Waals surface area contributed by atoms with Gasteiger partial charge in [-0.25, -0.2) is 0 Å². The average molecular weight is 1340 g/mol. The van der Waals surface area contributed by atoms with E-state index in [1.807, 2.05) is 0 Å². The van der Waals surface area contributed by atoms with Gasteiger partial charge in [-0.2, -0.15) is 0 Å². The van der Waals surface area contributed by atoms with Crippen LogP contribution in [0.15, 0.2) is 0 Å². The van der Waals surface area contributed by atoms with Crippen molar-refractivity contribution in [2.45, 2.75) is 406 Å². The molecule has 0 bridgehead atoms. The molecule has 0 saturated carbocycles. The molecule has 0 spiro atoms. The van der Waals surface area contributed by atoms with E-state index in [4.69, 9.17) is 32.3 Å². The minimum absolute atomic E-state index is 0.0147. The van der Waals surface area contributed by atoms with Gasteiger partial charge in [0, 0.05) is 25.7 Å². The van der Waals surface area contributed by atoms with E-state index in [1.165, 1.54) is 218 Å². The first-order valence-electron chi connectivity index (χ1n) is 37.9. The number of hydrogen-bond acceptors (Lipinski definition) is 16. The number of aliphatic hydroxyl groups excluding tert-OH is 1. The molecular formula is C72H139NO16P2-2. The summed E-state index contributed by atoms with van der Waals surface area (Å²) >= 11 is 0. The van der Waals surface area contributed by atoms with Crippen molar-refractivity contribution < 1.29 is 75.5 Å². The summed E-state index contributed by atoms with van der Waals surface area (Å²) in [5.74, 6) is -2.18. The Bertz CT molecular complexity index is 1750. The monoisotopic (exact) mass is 1340 g/mol. The SMILES string of the molecule is CCCCCCCCCCCCCCCC(=O)NC(COC(=O)CCCCCCCCCCCCCCC)COP(=O)([O-])OCC(O)COP(=O)([O-])OC(COC(=O)CCCCCCCCCCCCCCC)OC(=O)CCCCCCCCCCCCCCC. The molecule has 2 N–H and O–H groups in total. The van der Waals surface area contributed by atoms with Crippen LogP contribution in [-0.4, -0.2) is 80.4 Å². The molecule has 0 radical (unpaired) electrons. The molecule has 0 aromatic rings. The molecule has 19 heteroatoms. The minimum Gasteiger partial charge on any atom is -0.756 e. The minimum atomic E-state index is -5.39. The summed E-state index contributed by atoms with van der Waals surface area (Å²) in [6, 6.07) is -1.04. The van der Waals surface area contributed by atoms with E-state index in [0.29, 0.717) is 25.7 Å². The molecule has 0 aliphatic heterocycles. The Morgan fingerprint density at radius 3 is 0.901 bits per heavy atom. The first-order valence-corrected chi connectivity index (χ1v) is 40.8. The van der Waals surface area contributed by atoms with E-state index in [-0.39, 0.29) is 38.2 Å². The average Bonchev–Trinajstić information content (AvgIpc) is 3.41. The highest BCUT2D eigenvalue weighted by atomic mass is 31.2. The number of nitrogens with one attached hydrogen (secondary N) is 1. The highest BCUT2D eigenvalue weighted by Gasteiger charge is 2.26. The number of carbonyl (C=O) groups excluding carboxylic acids is 4. The van der Waals surface area contributed by atoms with E-state index < -0.39 is 78.4 Å². The van der Waals surface area contributed by atoms with Crippen molar-refractivity contribution in [3.8, 4) is 0 Å². The van der Waals surface area contributed by atoms with Crippen LogP contribution in [0, 0.1) is 0 Å². The van der Waals surface area contributed by atoms with Gasteiger partial charge in [0.2, 0.25) is 12.2 Å². The van der Waals surface area contributed by atoms with Crippen molar-refractivity contribution >= 4 is 39.5 Å². The Kier molecular flexibility index (Phi) is 65.2. The van der Waals surface area contributed by atoms with Crippen molar-refractivity contribution in [1.82, 2.24) is 5.32 Å². The number of aliphatic hydroxyl groups is 1. The van der Waals surface area contributed by atoms with Crippen molar-refractivity contribution in [2.75, 3.05) is 33.0 Å². The maximum Gasteiger partial charge on any atom is 0.308 e. The van der Waals surface area contributed by atoms with Gasteiger partial charge < -0.3 is 48.0 Å². The summed E-state index contributed by atoms with van der Waals surface area (Å²) in [5, 5.41) is 13.3. The zero-order chi connectivity index (χ0) is 66.8. The lowest BCUT2D eigenvalue weighted by molar-refractivity contribution is -0.249. The van der Waals surface area contributed by atoms with Gasteiger partial charge in [-0.15, -0.1) is 0 Å². The lowest BCUT2D eigenvalue weighted by atomic mass is 10.0. The maximum absolute atomic E-state index is 13.1. The summed E-state index contributed by atoms with van der Waals surface area (Å²) in [6.45, 7) is 5.19. The van der Waals surface area contributed by atoms with E-state index in [0.717, 1.165) is 89.9 Å². The molecule has 0 fully saturated rings. The van der Waals surface area contributed by atoms with Crippen LogP contribution in [0.3, 0.4) is 0 Å². The number of ether oxygens (including phenoxy) is 3. The Morgan fingerprint density at radius 1 is 0.330 bits per heavy atom. The molecule has 0 aromatic heterocycles. The molecule has 17 nitrogen and oxygen atoms in total. The normalized spacial score (nSPS) is 14.0. The summed E-state index contributed by atoms with van der Waals surface area (Å²) in [6.07, 6.45) is 56.3. The quantitative estimate of drug-likeness (QED) is 0.0189. The number of amides is 1. The molecule has 1 amide bonds. The van der Waals surface area contributed by atoms with Crippen molar-refractivity contribution in [3.05, 3.63) is 0 Å². The Balaban J connectivity index is 5.31. The van der Waals surface area contributed by atoms with Gasteiger partial charge in [0.05, 0.1) is 25.9 Å². The van der Waals surface area contributed by atoms with Gasteiger partial charge in [0.15, 0.2) is 6.61 Å². The second kappa shape index (κ2) is 66.7. The van der Waals surface area contributed by atoms with Crippen molar-refractivity contribution in [1.29, 1.82) is 0 Å². The second-order valence-electron chi connectivity index (χ2n) is 26.1. The van der Waals surface area contributed by atoms with E-state index in [2.05, 4.69) is 33.0 Å². The first kappa shape index (κ1) is 89.1. The highest BCUT2D eigenvalue weighted by molar-refractivity contribution is 7.46. The predicted octanol–water partition coefficient (Wildman–Crippen LogP) is 19.7. The topological polar surface area (TPSA) is 245 Å². The molecule has 0 aliphatic rings. The molecule has 540 valence electrons. The fraction of sp³-hybridized carbons (Fsp3) is 0.944. The van der Waals surface area contributed by atoms with Gasteiger partial charge in [-0.1, -0.05) is 336 Å². The number of phosphoric ester groups is 2. The molecule has 0 rings (SSSR count). The second-order valence-corrected chi connectivity index (χ2v) is 28.8. The van der Waals surface area contributed by atoms with Gasteiger partial charge in [0.1, 0.15) is 12.7 Å². The van der Waals surface area contributed by atoms with E-state index in [9.17, 15) is 43.2 Å². The van der Waals surface area contributed by atoms with Crippen LogP contribution >= 0.6 is 15.6 Å². The summed E-state index contributed by atoms with van der Waals surface area (Å²) in [5.41, 5.74) is 0. The first-order chi connectivity index (χ1) is 44.2. The molecule has 5 atom stereocenters. The van der Waals surface area contributed by atoms with Gasteiger partial charge in [0.25, 0.3) is 15.6 Å². The van der Waals surface area contributed by atoms with Gasteiger partial charge in [-0.05, 0) is 25.7 Å². The Morgan fingerprint density at radius 2 is 0.582 bits per heavy atom. The van der Waals surface area contributed by atoms with E-state index in [1.54, 1.807) is 0 Å². The van der Waals surface area contributed by atoms with Crippen molar-refractivity contribution in [2.24, 2.45) is 0 Å². The fourth-order valence-corrected chi connectivity index (χ4v) is 12.8. The largest absolute Gasteiger partial charge is 0.756 e. The fourth-order valence-electron chi connectivity index (χ4n) is 11.2. The number of hydrogen-bond donors (Lipinski definition) is 2. The van der Waals surface area contributed by atoms with Crippen LogP contribution < -0.4 is 15.1 Å². The highest BCUT2D eigenvalue weighted by Crippen LogP contribution is 2.42. The lowest BCUT2D eigenvalue weighted by Gasteiger charge is -2.29. The number of carbonyl (C=O) groups is 4. The molecule has 0 heterocycles. The molecular weight excluding hydrogens is 1200 g/mol. The molecule has 0 saturated heterocycles. The summed E-state index contributed by atoms with van der Waals surface area (Å²) in [7, 11) is -10.6. The number of rotatable bonds is 73. The molecule has 0 aromatic carbocycles. The molecule has 91 heavy (non-hydrogen) atoms. The smallest absolute Gasteiger partial charge is 0.308 e. The third-order valence-corrected chi connectivity index (χ3v) is 18.8. The van der Waals surface area contributed by atoms with Crippen LogP contribution in [0.2, 0.25) is 0 Å². The van der Waals surface area contributed by atoms with Gasteiger partial charge in [-0.3, -0.25) is 32.8 Å².